The second-order valence-corrected chi connectivity index (χ2v) is 4.07. The normalized spacial score (nSPS) is 24.4. The molecule has 82 valence electrons. The average molecular weight is 226 g/mol. The molecule has 1 aliphatic rings. The van der Waals surface area contributed by atoms with Crippen LogP contribution in [0.25, 0.3) is 0 Å². The van der Waals surface area contributed by atoms with Crippen molar-refractivity contribution in [2.75, 3.05) is 13.1 Å². The van der Waals surface area contributed by atoms with Crippen molar-refractivity contribution >= 4 is 17.5 Å². The van der Waals surface area contributed by atoms with E-state index in [1.807, 2.05) is 0 Å². The van der Waals surface area contributed by atoms with E-state index in [1.54, 1.807) is 6.92 Å². The van der Waals surface area contributed by atoms with Gasteiger partial charge in [0.15, 0.2) is 0 Å². The van der Waals surface area contributed by atoms with Crippen molar-refractivity contribution in [3.63, 3.8) is 0 Å². The highest BCUT2D eigenvalue weighted by Crippen LogP contribution is 2.24. The van der Waals surface area contributed by atoms with Crippen LogP contribution >= 0.6 is 11.6 Å². The number of carbonyl (C=O) groups excluding carboxylic acids is 1. The molecule has 0 saturated carbocycles. The fraction of sp³-hybridized carbons (Fsp3) is 0.889. The molecule has 0 spiro atoms. The van der Waals surface area contributed by atoms with Gasteiger partial charge in [-0.3, -0.25) is 4.79 Å². The van der Waals surface area contributed by atoms with Crippen LogP contribution in [0.2, 0.25) is 0 Å². The molecule has 1 rings (SSSR count). The SMILES string of the molecule is CC[C@@H](Cl)C(=O)N1CC[C@@H](C(F)F)C1. The summed E-state index contributed by atoms with van der Waals surface area (Å²) in [5.41, 5.74) is 0. The summed E-state index contributed by atoms with van der Waals surface area (Å²) in [5.74, 6) is -0.878. The lowest BCUT2D eigenvalue weighted by Gasteiger charge is -2.18. The van der Waals surface area contributed by atoms with Crippen LogP contribution in [0.5, 0.6) is 0 Å². The fourth-order valence-electron chi connectivity index (χ4n) is 1.57. The van der Waals surface area contributed by atoms with Gasteiger partial charge in [0, 0.05) is 19.0 Å². The third-order valence-electron chi connectivity index (χ3n) is 2.52. The first-order valence-corrected chi connectivity index (χ1v) is 5.21. The minimum absolute atomic E-state index is 0.152. The van der Waals surface area contributed by atoms with E-state index in [1.165, 1.54) is 4.90 Å². The number of hydrogen-bond acceptors (Lipinski definition) is 1. The number of alkyl halides is 3. The van der Waals surface area contributed by atoms with Crippen molar-refractivity contribution in [1.82, 2.24) is 4.90 Å². The quantitative estimate of drug-likeness (QED) is 0.674. The predicted molar refractivity (Wildman–Crippen MR) is 50.6 cm³/mol. The monoisotopic (exact) mass is 225 g/mol. The molecule has 0 N–H and O–H groups in total. The third kappa shape index (κ3) is 2.56. The van der Waals surface area contributed by atoms with Crippen LogP contribution in [-0.4, -0.2) is 35.7 Å². The molecule has 1 saturated heterocycles. The van der Waals surface area contributed by atoms with Gasteiger partial charge in [0.25, 0.3) is 0 Å². The first-order chi connectivity index (χ1) is 6.56. The Morgan fingerprint density at radius 3 is 2.71 bits per heavy atom. The molecule has 0 bridgehead atoms. The van der Waals surface area contributed by atoms with E-state index in [2.05, 4.69) is 0 Å². The number of nitrogens with zero attached hydrogens (tertiary/aromatic N) is 1. The predicted octanol–water partition coefficient (Wildman–Crippen LogP) is 2.12. The lowest BCUT2D eigenvalue weighted by molar-refractivity contribution is -0.130. The van der Waals surface area contributed by atoms with Gasteiger partial charge in [0.1, 0.15) is 5.38 Å². The number of amides is 1. The van der Waals surface area contributed by atoms with Gasteiger partial charge in [0.2, 0.25) is 12.3 Å². The molecule has 2 nitrogen and oxygen atoms in total. The molecule has 0 radical (unpaired) electrons. The molecule has 1 aliphatic heterocycles. The maximum atomic E-state index is 12.3. The third-order valence-corrected chi connectivity index (χ3v) is 3.01. The topological polar surface area (TPSA) is 20.3 Å². The molecule has 0 aromatic heterocycles. The zero-order chi connectivity index (χ0) is 10.7. The van der Waals surface area contributed by atoms with Crippen LogP contribution in [0.4, 0.5) is 8.78 Å². The minimum atomic E-state index is -2.33. The highest BCUT2D eigenvalue weighted by Gasteiger charge is 2.33. The summed E-state index contributed by atoms with van der Waals surface area (Å²) >= 11 is 5.74. The molecule has 1 fully saturated rings. The standard InChI is InChI=1S/C9H14ClF2NO/c1-2-7(10)9(14)13-4-3-6(5-13)8(11)12/h6-8H,2-5H2,1H3/t6-,7-/m1/s1. The van der Waals surface area contributed by atoms with E-state index in [9.17, 15) is 13.6 Å². The number of likely N-dealkylation sites (tertiary alicyclic amines) is 1. The van der Waals surface area contributed by atoms with Gasteiger partial charge in [0.05, 0.1) is 0 Å². The highest BCUT2D eigenvalue weighted by molar-refractivity contribution is 6.30. The Kier molecular flexibility index (Phi) is 4.11. The van der Waals surface area contributed by atoms with Crippen molar-refractivity contribution in [2.45, 2.75) is 31.6 Å². The number of rotatable bonds is 3. The van der Waals surface area contributed by atoms with Crippen molar-refractivity contribution in [3.05, 3.63) is 0 Å². The van der Waals surface area contributed by atoms with E-state index in [0.717, 1.165) is 0 Å². The molecule has 5 heteroatoms. The largest absolute Gasteiger partial charge is 0.341 e. The fourth-order valence-corrected chi connectivity index (χ4v) is 1.70. The van der Waals surface area contributed by atoms with Crippen LogP contribution < -0.4 is 0 Å². The number of halogens is 3. The Morgan fingerprint density at radius 1 is 1.64 bits per heavy atom. The molecule has 1 amide bonds. The van der Waals surface area contributed by atoms with Gasteiger partial charge in [-0.15, -0.1) is 11.6 Å². The van der Waals surface area contributed by atoms with Crippen LogP contribution in [0.3, 0.4) is 0 Å². The summed E-state index contributed by atoms with van der Waals surface area (Å²) in [4.78, 5) is 12.9. The van der Waals surface area contributed by atoms with Gasteiger partial charge < -0.3 is 4.90 Å². The zero-order valence-corrected chi connectivity index (χ0v) is 8.81. The summed E-state index contributed by atoms with van der Waals surface area (Å²) in [5, 5.41) is -0.563. The molecular formula is C9H14ClF2NO. The molecule has 0 aliphatic carbocycles. The zero-order valence-electron chi connectivity index (χ0n) is 8.05. The Bertz CT molecular complexity index is 213. The summed E-state index contributed by atoms with van der Waals surface area (Å²) in [6, 6.07) is 0. The van der Waals surface area contributed by atoms with Crippen molar-refractivity contribution in [2.24, 2.45) is 5.92 Å². The van der Waals surface area contributed by atoms with E-state index in [0.29, 0.717) is 19.4 Å². The molecule has 14 heavy (non-hydrogen) atoms. The Morgan fingerprint density at radius 2 is 2.29 bits per heavy atom. The summed E-state index contributed by atoms with van der Waals surface area (Å²) in [6.45, 7) is 2.37. The maximum absolute atomic E-state index is 12.3. The van der Waals surface area contributed by atoms with Gasteiger partial charge in [-0.2, -0.15) is 0 Å². The molecule has 0 aromatic carbocycles. The molecule has 0 unspecified atom stereocenters. The first kappa shape index (κ1) is 11.7. The second-order valence-electron chi connectivity index (χ2n) is 3.54. The Hall–Kier alpha value is -0.380. The molecule has 0 aromatic rings. The van der Waals surface area contributed by atoms with Crippen LogP contribution in [0.1, 0.15) is 19.8 Å². The van der Waals surface area contributed by atoms with Gasteiger partial charge >= 0.3 is 0 Å². The molecule has 1 heterocycles. The van der Waals surface area contributed by atoms with Crippen LogP contribution in [-0.2, 0) is 4.79 Å². The lowest BCUT2D eigenvalue weighted by Crippen LogP contribution is -2.35. The second kappa shape index (κ2) is 4.91. The van der Waals surface area contributed by atoms with Crippen LogP contribution in [0, 0.1) is 5.92 Å². The van der Waals surface area contributed by atoms with Gasteiger partial charge in [-0.05, 0) is 12.8 Å². The lowest BCUT2D eigenvalue weighted by atomic mass is 10.1. The van der Waals surface area contributed by atoms with Gasteiger partial charge in [-0.1, -0.05) is 6.92 Å². The number of carbonyl (C=O) groups is 1. The van der Waals surface area contributed by atoms with Gasteiger partial charge in [-0.25, -0.2) is 8.78 Å². The minimum Gasteiger partial charge on any atom is -0.341 e. The first-order valence-electron chi connectivity index (χ1n) is 4.77. The average Bonchev–Trinajstić information content (AvgIpc) is 2.64. The number of hydrogen-bond donors (Lipinski definition) is 0. The summed E-state index contributed by atoms with van der Waals surface area (Å²) in [7, 11) is 0. The smallest absolute Gasteiger partial charge is 0.243 e. The highest BCUT2D eigenvalue weighted by atomic mass is 35.5. The van der Waals surface area contributed by atoms with Crippen molar-refractivity contribution < 1.29 is 13.6 Å². The molecular weight excluding hydrogens is 212 g/mol. The summed E-state index contributed by atoms with van der Waals surface area (Å²) in [6.07, 6.45) is -1.41. The Labute approximate surface area is 87.2 Å². The maximum Gasteiger partial charge on any atom is 0.243 e. The summed E-state index contributed by atoms with van der Waals surface area (Å²) < 4.78 is 24.6. The van der Waals surface area contributed by atoms with E-state index >= 15 is 0 Å². The van der Waals surface area contributed by atoms with E-state index in [-0.39, 0.29) is 12.5 Å². The van der Waals surface area contributed by atoms with Crippen molar-refractivity contribution in [3.8, 4) is 0 Å². The van der Waals surface area contributed by atoms with E-state index in [4.69, 9.17) is 11.6 Å². The van der Waals surface area contributed by atoms with E-state index < -0.39 is 17.7 Å². The van der Waals surface area contributed by atoms with Crippen molar-refractivity contribution in [1.29, 1.82) is 0 Å². The van der Waals surface area contributed by atoms with Crippen LogP contribution in [0.15, 0.2) is 0 Å². The Balaban J connectivity index is 2.45. The molecule has 2 atom stereocenters.